The third kappa shape index (κ3) is 1.79. The topological polar surface area (TPSA) is 78.5 Å². The first kappa shape index (κ1) is 11.2. The van der Waals surface area contributed by atoms with Gasteiger partial charge in [0, 0.05) is 18.3 Å². The number of hydrogen-bond acceptors (Lipinski definition) is 4. The molecule has 80 valence electrons. The smallest absolute Gasteiger partial charge is 0.111 e. The molecule has 2 atom stereocenters. The Kier molecular flexibility index (Phi) is 3.25. The third-order valence-corrected chi connectivity index (χ3v) is 2.41. The minimum atomic E-state index is -1.16. The standard InChI is InChI=1S/C9H16N2O3/c1-5-8(6(2)11(3)10-5)9(14)7(13)4-12/h7,9,12-14H,4H2,1-3H3. The maximum absolute atomic E-state index is 9.70. The first-order chi connectivity index (χ1) is 6.49. The van der Waals surface area contributed by atoms with Crippen LogP contribution in [0.5, 0.6) is 0 Å². The number of rotatable bonds is 3. The summed E-state index contributed by atoms with van der Waals surface area (Å²) >= 11 is 0. The molecular formula is C9H16N2O3. The molecule has 14 heavy (non-hydrogen) atoms. The maximum Gasteiger partial charge on any atom is 0.111 e. The van der Waals surface area contributed by atoms with Gasteiger partial charge in [0.2, 0.25) is 0 Å². The number of hydrogen-bond donors (Lipinski definition) is 3. The highest BCUT2D eigenvalue weighted by molar-refractivity contribution is 5.27. The van der Waals surface area contributed by atoms with Crippen LogP contribution in [0.2, 0.25) is 0 Å². The largest absolute Gasteiger partial charge is 0.394 e. The summed E-state index contributed by atoms with van der Waals surface area (Å²) in [4.78, 5) is 0. The van der Waals surface area contributed by atoms with Crippen LogP contribution in [0.3, 0.4) is 0 Å². The number of aromatic nitrogens is 2. The van der Waals surface area contributed by atoms with E-state index in [0.29, 0.717) is 11.3 Å². The second kappa shape index (κ2) is 4.08. The van der Waals surface area contributed by atoms with Crippen molar-refractivity contribution in [3.8, 4) is 0 Å². The fraction of sp³-hybridized carbons (Fsp3) is 0.667. The SMILES string of the molecule is Cc1nn(C)c(C)c1C(O)C(O)CO. The minimum absolute atomic E-state index is 0.463. The molecule has 2 unspecified atom stereocenters. The van der Waals surface area contributed by atoms with Gasteiger partial charge >= 0.3 is 0 Å². The summed E-state index contributed by atoms with van der Waals surface area (Å²) in [6, 6.07) is 0. The predicted octanol–water partition coefficient (Wildman–Crippen LogP) is -0.576. The lowest BCUT2D eigenvalue weighted by Crippen LogP contribution is -2.23. The van der Waals surface area contributed by atoms with Crippen molar-refractivity contribution in [1.82, 2.24) is 9.78 Å². The van der Waals surface area contributed by atoms with Crippen LogP contribution in [0.15, 0.2) is 0 Å². The van der Waals surface area contributed by atoms with Gasteiger partial charge in [-0.05, 0) is 13.8 Å². The maximum atomic E-state index is 9.70. The van der Waals surface area contributed by atoms with E-state index in [2.05, 4.69) is 5.10 Å². The Bertz CT molecular complexity index is 322. The van der Waals surface area contributed by atoms with Crippen LogP contribution in [0.25, 0.3) is 0 Å². The number of aliphatic hydroxyl groups excluding tert-OH is 3. The summed E-state index contributed by atoms with van der Waals surface area (Å²) in [7, 11) is 1.77. The lowest BCUT2D eigenvalue weighted by Gasteiger charge is -2.15. The Morgan fingerprint density at radius 1 is 1.36 bits per heavy atom. The Morgan fingerprint density at radius 2 is 1.93 bits per heavy atom. The quantitative estimate of drug-likeness (QED) is 0.610. The van der Waals surface area contributed by atoms with Crippen molar-refractivity contribution in [2.45, 2.75) is 26.1 Å². The summed E-state index contributed by atoms with van der Waals surface area (Å²) in [6.07, 6.45) is -2.23. The second-order valence-electron chi connectivity index (χ2n) is 3.40. The first-order valence-corrected chi connectivity index (χ1v) is 4.46. The first-order valence-electron chi connectivity index (χ1n) is 4.46. The average Bonchev–Trinajstić information content (AvgIpc) is 2.39. The zero-order valence-corrected chi connectivity index (χ0v) is 8.60. The van der Waals surface area contributed by atoms with E-state index in [9.17, 15) is 10.2 Å². The van der Waals surface area contributed by atoms with Gasteiger partial charge in [0.15, 0.2) is 0 Å². The molecule has 1 rings (SSSR count). The minimum Gasteiger partial charge on any atom is -0.394 e. The van der Waals surface area contributed by atoms with Crippen LogP contribution < -0.4 is 0 Å². The average molecular weight is 200 g/mol. The van der Waals surface area contributed by atoms with Crippen LogP contribution in [0.1, 0.15) is 23.1 Å². The summed E-state index contributed by atoms with van der Waals surface area (Å²) in [5.41, 5.74) is 2.06. The van der Waals surface area contributed by atoms with E-state index < -0.39 is 18.8 Å². The summed E-state index contributed by atoms with van der Waals surface area (Å²) in [5, 5.41) is 31.8. The second-order valence-corrected chi connectivity index (χ2v) is 3.40. The molecule has 0 radical (unpaired) electrons. The van der Waals surface area contributed by atoms with Gasteiger partial charge in [-0.3, -0.25) is 4.68 Å². The summed E-state index contributed by atoms with van der Waals surface area (Å²) in [5.74, 6) is 0. The molecule has 0 saturated heterocycles. The number of aliphatic hydroxyl groups is 3. The Hall–Kier alpha value is -0.910. The van der Waals surface area contributed by atoms with Gasteiger partial charge in [-0.2, -0.15) is 5.10 Å². The molecule has 0 amide bonds. The molecule has 0 fully saturated rings. The highest BCUT2D eigenvalue weighted by atomic mass is 16.4. The van der Waals surface area contributed by atoms with Crippen LogP contribution in [0, 0.1) is 13.8 Å². The van der Waals surface area contributed by atoms with Crippen LogP contribution in [-0.4, -0.2) is 37.8 Å². The van der Waals surface area contributed by atoms with Gasteiger partial charge in [-0.15, -0.1) is 0 Å². The normalized spacial score (nSPS) is 15.6. The Morgan fingerprint density at radius 3 is 2.29 bits per heavy atom. The number of aryl methyl sites for hydroxylation is 2. The van der Waals surface area contributed by atoms with E-state index >= 15 is 0 Å². The van der Waals surface area contributed by atoms with Crippen molar-refractivity contribution >= 4 is 0 Å². The summed E-state index contributed by atoms with van der Waals surface area (Å²) in [6.45, 7) is 3.10. The lowest BCUT2D eigenvalue weighted by molar-refractivity contribution is -0.0158. The van der Waals surface area contributed by atoms with Crippen molar-refractivity contribution in [3.63, 3.8) is 0 Å². The molecule has 0 aliphatic carbocycles. The van der Waals surface area contributed by atoms with Crippen molar-refractivity contribution in [2.24, 2.45) is 7.05 Å². The van der Waals surface area contributed by atoms with Crippen molar-refractivity contribution in [3.05, 3.63) is 17.0 Å². The zero-order valence-electron chi connectivity index (χ0n) is 8.60. The molecule has 0 bridgehead atoms. The molecule has 0 spiro atoms. The van der Waals surface area contributed by atoms with Crippen molar-refractivity contribution < 1.29 is 15.3 Å². The Labute approximate surface area is 82.6 Å². The fourth-order valence-corrected chi connectivity index (χ4v) is 1.51. The molecule has 3 N–H and O–H groups in total. The van der Waals surface area contributed by atoms with Crippen LogP contribution in [0.4, 0.5) is 0 Å². The van der Waals surface area contributed by atoms with E-state index in [0.717, 1.165) is 5.69 Å². The third-order valence-electron chi connectivity index (χ3n) is 2.41. The van der Waals surface area contributed by atoms with E-state index in [1.165, 1.54) is 0 Å². The van der Waals surface area contributed by atoms with Gasteiger partial charge < -0.3 is 15.3 Å². The molecule has 1 aromatic heterocycles. The molecule has 5 heteroatoms. The van der Waals surface area contributed by atoms with Gasteiger partial charge in [-0.25, -0.2) is 0 Å². The highest BCUT2D eigenvalue weighted by Crippen LogP contribution is 2.23. The van der Waals surface area contributed by atoms with Gasteiger partial charge in [0.1, 0.15) is 12.2 Å². The van der Waals surface area contributed by atoms with E-state index in [1.54, 1.807) is 18.7 Å². The van der Waals surface area contributed by atoms with Crippen LogP contribution in [-0.2, 0) is 7.05 Å². The van der Waals surface area contributed by atoms with Crippen LogP contribution >= 0.6 is 0 Å². The molecule has 0 aliphatic heterocycles. The lowest BCUT2D eigenvalue weighted by atomic mass is 10.0. The van der Waals surface area contributed by atoms with E-state index in [-0.39, 0.29) is 0 Å². The molecule has 0 aliphatic rings. The van der Waals surface area contributed by atoms with Gasteiger partial charge in [0.25, 0.3) is 0 Å². The highest BCUT2D eigenvalue weighted by Gasteiger charge is 2.23. The van der Waals surface area contributed by atoms with Crippen molar-refractivity contribution in [2.75, 3.05) is 6.61 Å². The molecule has 1 aromatic rings. The summed E-state index contributed by atoms with van der Waals surface area (Å²) < 4.78 is 1.64. The molecule has 0 aromatic carbocycles. The van der Waals surface area contributed by atoms with E-state index in [4.69, 9.17) is 5.11 Å². The predicted molar refractivity (Wildman–Crippen MR) is 50.7 cm³/mol. The monoisotopic (exact) mass is 200 g/mol. The fourth-order valence-electron chi connectivity index (χ4n) is 1.51. The Balaban J connectivity index is 3.05. The molecular weight excluding hydrogens is 184 g/mol. The zero-order chi connectivity index (χ0) is 10.9. The molecule has 5 nitrogen and oxygen atoms in total. The number of nitrogens with zero attached hydrogens (tertiary/aromatic N) is 2. The van der Waals surface area contributed by atoms with Gasteiger partial charge in [-0.1, -0.05) is 0 Å². The molecule has 1 heterocycles. The van der Waals surface area contributed by atoms with Crippen molar-refractivity contribution in [1.29, 1.82) is 0 Å². The van der Waals surface area contributed by atoms with Gasteiger partial charge in [0.05, 0.1) is 12.3 Å². The van der Waals surface area contributed by atoms with E-state index in [1.807, 2.05) is 6.92 Å². The molecule has 0 saturated carbocycles.